The monoisotopic (exact) mass is 711 g/mol. The maximum atomic E-state index is 13.4. The molecule has 0 unspecified atom stereocenters. The molecule has 47 heavy (non-hydrogen) atoms. The lowest BCUT2D eigenvalue weighted by atomic mass is 10.1. The zero-order valence-corrected chi connectivity index (χ0v) is 30.4. The fraction of sp³-hybridized carbons (Fsp3) is 0.452. The number of alkyl halides is 3. The summed E-state index contributed by atoms with van der Waals surface area (Å²) in [5, 5.41) is 4.34. The van der Waals surface area contributed by atoms with Crippen molar-refractivity contribution >= 4 is 40.3 Å². The Kier molecular flexibility index (Phi) is 10.2. The molecule has 1 aromatic carbocycles. The quantitative estimate of drug-likeness (QED) is 0.103. The van der Waals surface area contributed by atoms with Crippen LogP contribution < -0.4 is 8.91 Å². The number of halogens is 3. The number of benzene rings is 1. The number of fused-ring (bicyclic) bond motifs is 1. The van der Waals surface area contributed by atoms with Gasteiger partial charge in [0.15, 0.2) is 19.9 Å². The van der Waals surface area contributed by atoms with E-state index in [1.54, 1.807) is 49.4 Å². The van der Waals surface area contributed by atoms with Crippen LogP contribution in [0.2, 0.25) is 18.1 Å². The largest absolute Gasteiger partial charge is 0.534 e. The lowest BCUT2D eigenvalue weighted by Crippen LogP contribution is -2.40. The summed E-state index contributed by atoms with van der Waals surface area (Å²) in [6.45, 7) is 18.1. The van der Waals surface area contributed by atoms with Crippen molar-refractivity contribution < 1.29 is 34.4 Å². The molecule has 256 valence electrons. The normalized spacial score (nSPS) is 14.7. The summed E-state index contributed by atoms with van der Waals surface area (Å²) < 4.78 is 92.1. The maximum Gasteiger partial charge on any atom is 0.534 e. The van der Waals surface area contributed by atoms with E-state index in [0.29, 0.717) is 22.9 Å². The van der Waals surface area contributed by atoms with Crippen molar-refractivity contribution in [3.8, 4) is 22.8 Å². The van der Waals surface area contributed by atoms with Crippen molar-refractivity contribution in [1.82, 2.24) is 24.5 Å². The van der Waals surface area contributed by atoms with E-state index >= 15 is 0 Å². The van der Waals surface area contributed by atoms with Crippen LogP contribution in [0.1, 0.15) is 65.9 Å². The fourth-order valence-corrected chi connectivity index (χ4v) is 6.25. The van der Waals surface area contributed by atoms with Crippen LogP contribution in [0.25, 0.3) is 28.0 Å². The first-order valence-electron chi connectivity index (χ1n) is 14.8. The van der Waals surface area contributed by atoms with E-state index in [0.717, 1.165) is 0 Å². The molecule has 0 radical (unpaired) electrons. The van der Waals surface area contributed by atoms with Gasteiger partial charge in [0.1, 0.15) is 0 Å². The average molecular weight is 712 g/mol. The third-order valence-electron chi connectivity index (χ3n) is 7.88. The summed E-state index contributed by atoms with van der Waals surface area (Å²) in [6, 6.07) is 12.6. The Morgan fingerprint density at radius 2 is 1.66 bits per heavy atom. The number of rotatable bonds is 10. The Labute approximate surface area is 277 Å². The molecule has 0 aliphatic rings. The van der Waals surface area contributed by atoms with Crippen molar-refractivity contribution in [3.63, 3.8) is 0 Å². The SMILES string of the molecule is C[C@H](N[S@](=O)C(C)(C)C)c1cccc(-c2cc(OS(=O)(=O)C(F)(F)F)c3cnn(-c4cccc(CO[Si](C)(C)C(C)(C)C)n4)c3c2)n1. The number of hydrogen-bond acceptors (Lipinski definition) is 8. The van der Waals surface area contributed by atoms with Crippen molar-refractivity contribution in [2.45, 2.75) is 89.5 Å². The fourth-order valence-electron chi connectivity index (χ4n) is 4.05. The lowest BCUT2D eigenvalue weighted by molar-refractivity contribution is -0.0499. The molecule has 3 aromatic heterocycles. The molecule has 0 saturated heterocycles. The topological polar surface area (TPSA) is 125 Å². The molecular weight excluding hydrogens is 672 g/mol. The first-order valence-corrected chi connectivity index (χ1v) is 20.2. The first kappa shape index (κ1) is 36.6. The highest BCUT2D eigenvalue weighted by atomic mass is 32.2. The molecular formula is C31H40F3N5O5S2Si. The molecule has 4 rings (SSSR count). The Hall–Kier alpha value is -3.18. The van der Waals surface area contributed by atoms with Gasteiger partial charge in [-0.3, -0.25) is 4.98 Å². The highest BCUT2D eigenvalue weighted by Crippen LogP contribution is 2.38. The molecule has 0 spiro atoms. The maximum absolute atomic E-state index is 13.4. The Bertz CT molecular complexity index is 1900. The first-order chi connectivity index (χ1) is 21.5. The summed E-state index contributed by atoms with van der Waals surface area (Å²) in [5.41, 5.74) is -3.73. The zero-order valence-electron chi connectivity index (χ0n) is 27.8. The number of aromatic nitrogens is 4. The van der Waals surface area contributed by atoms with Gasteiger partial charge in [0, 0.05) is 5.56 Å². The van der Waals surface area contributed by atoms with E-state index in [-0.39, 0.29) is 28.1 Å². The van der Waals surface area contributed by atoms with Gasteiger partial charge in [-0.1, -0.05) is 32.9 Å². The molecule has 0 bridgehead atoms. The average Bonchev–Trinajstić information content (AvgIpc) is 3.39. The van der Waals surface area contributed by atoms with E-state index < -0.39 is 51.5 Å². The van der Waals surface area contributed by atoms with Crippen LogP contribution in [0.5, 0.6) is 5.75 Å². The number of nitrogens with zero attached hydrogens (tertiary/aromatic N) is 4. The van der Waals surface area contributed by atoms with Crippen LogP contribution in [0, 0.1) is 0 Å². The van der Waals surface area contributed by atoms with Gasteiger partial charge < -0.3 is 8.61 Å². The smallest absolute Gasteiger partial charge is 0.411 e. The van der Waals surface area contributed by atoms with Crippen molar-refractivity contribution in [2.75, 3.05) is 0 Å². The van der Waals surface area contributed by atoms with Crippen LogP contribution in [-0.4, -0.2) is 50.9 Å². The molecule has 16 heteroatoms. The predicted molar refractivity (Wildman–Crippen MR) is 179 cm³/mol. The van der Waals surface area contributed by atoms with Gasteiger partial charge in [0.05, 0.1) is 62.6 Å². The summed E-state index contributed by atoms with van der Waals surface area (Å²) in [6.07, 6.45) is 1.22. The van der Waals surface area contributed by atoms with E-state index in [4.69, 9.17) is 4.43 Å². The molecule has 1 N–H and O–H groups in total. The summed E-state index contributed by atoms with van der Waals surface area (Å²) in [4.78, 5) is 9.34. The molecule has 4 aromatic rings. The predicted octanol–water partition coefficient (Wildman–Crippen LogP) is 7.35. The van der Waals surface area contributed by atoms with E-state index in [2.05, 4.69) is 57.8 Å². The van der Waals surface area contributed by atoms with Gasteiger partial charge in [0.25, 0.3) is 0 Å². The van der Waals surface area contributed by atoms with Crippen LogP contribution in [-0.2, 0) is 32.1 Å². The molecule has 0 amide bonds. The highest BCUT2D eigenvalue weighted by Gasteiger charge is 2.49. The molecule has 3 heterocycles. The second-order valence-electron chi connectivity index (χ2n) is 13.7. The molecule has 2 atom stereocenters. The molecule has 0 aliphatic heterocycles. The number of pyridine rings is 2. The van der Waals surface area contributed by atoms with Gasteiger partial charge >= 0.3 is 15.6 Å². The lowest BCUT2D eigenvalue weighted by Gasteiger charge is -2.36. The minimum absolute atomic E-state index is 0.0121. The van der Waals surface area contributed by atoms with Crippen molar-refractivity contribution in [1.29, 1.82) is 0 Å². The molecule has 0 saturated carbocycles. The standard InChI is InChI=1S/C31H40F3N5O5S2Si/c1-20(38-45(40)29(2,3)4)24-13-11-14-25(37-24)21-16-26-23(27(17-21)44-46(41,42)31(32,33)34)18-35-39(26)28-15-10-12-22(36-28)19-43-47(8,9)30(5,6)7/h10-18,20,38H,19H2,1-9H3/t20-,45+/m0/s1. The van der Waals surface area contributed by atoms with Crippen LogP contribution in [0.3, 0.4) is 0 Å². The van der Waals surface area contributed by atoms with Gasteiger partial charge in [0.2, 0.25) is 0 Å². The third kappa shape index (κ3) is 8.28. The molecule has 0 aliphatic carbocycles. The third-order valence-corrected chi connectivity index (χ3v) is 15.0. The van der Waals surface area contributed by atoms with Gasteiger partial charge in [-0.2, -0.15) is 26.7 Å². The number of nitrogens with one attached hydrogen (secondary N) is 1. The van der Waals surface area contributed by atoms with Crippen LogP contribution >= 0.6 is 0 Å². The highest BCUT2D eigenvalue weighted by molar-refractivity contribution is 7.88. The summed E-state index contributed by atoms with van der Waals surface area (Å²) in [7, 11) is -9.51. The minimum atomic E-state index is -6.02. The van der Waals surface area contributed by atoms with Gasteiger partial charge in [-0.25, -0.2) is 18.6 Å². The van der Waals surface area contributed by atoms with E-state index in [9.17, 15) is 25.8 Å². The van der Waals surface area contributed by atoms with Crippen molar-refractivity contribution in [3.05, 3.63) is 66.1 Å². The Balaban J connectivity index is 1.82. The Morgan fingerprint density at radius 3 is 2.28 bits per heavy atom. The van der Waals surface area contributed by atoms with E-state index in [1.165, 1.54) is 16.9 Å². The second kappa shape index (κ2) is 13.0. The Morgan fingerprint density at radius 1 is 1.00 bits per heavy atom. The van der Waals surface area contributed by atoms with Crippen LogP contribution in [0.4, 0.5) is 13.2 Å². The van der Waals surface area contributed by atoms with Crippen molar-refractivity contribution in [2.24, 2.45) is 0 Å². The van der Waals surface area contributed by atoms with Gasteiger partial charge in [-0.05, 0) is 82.2 Å². The molecule has 10 nitrogen and oxygen atoms in total. The van der Waals surface area contributed by atoms with Crippen LogP contribution in [0.15, 0.2) is 54.7 Å². The number of hydrogen-bond donors (Lipinski definition) is 1. The molecule has 0 fully saturated rings. The van der Waals surface area contributed by atoms with Gasteiger partial charge in [-0.15, -0.1) is 0 Å². The second-order valence-corrected chi connectivity index (χ2v) is 22.0. The van der Waals surface area contributed by atoms with E-state index in [1.807, 2.05) is 20.8 Å². The summed E-state index contributed by atoms with van der Waals surface area (Å²) >= 11 is 0. The zero-order chi connectivity index (χ0) is 35.2. The minimum Gasteiger partial charge on any atom is -0.411 e. The summed E-state index contributed by atoms with van der Waals surface area (Å²) in [5.74, 6) is -0.243.